The molecule has 4 rings (SSSR count). The molecule has 1 N–H and O–H groups in total. The number of benzene rings is 2. The molecule has 44 heavy (non-hydrogen) atoms. The Morgan fingerprint density at radius 1 is 1.02 bits per heavy atom. The third-order valence-corrected chi connectivity index (χ3v) is 8.35. The van der Waals surface area contributed by atoms with E-state index in [1.165, 1.54) is 0 Å². The van der Waals surface area contributed by atoms with Crippen molar-refractivity contribution in [3.05, 3.63) is 70.8 Å². The van der Waals surface area contributed by atoms with Gasteiger partial charge in [0.05, 0.1) is 49.2 Å². The van der Waals surface area contributed by atoms with Gasteiger partial charge in [-0.1, -0.05) is 42.0 Å². The van der Waals surface area contributed by atoms with Crippen molar-refractivity contribution in [3.8, 4) is 0 Å². The molecule has 0 saturated carbocycles. The topological polar surface area (TPSA) is 95.6 Å². The number of nitrogens with one attached hydrogen (secondary N) is 1. The number of carbonyl (C=O) groups is 2. The molecule has 2 saturated heterocycles. The van der Waals surface area contributed by atoms with Gasteiger partial charge in [0.25, 0.3) is 0 Å². The molecule has 2 aromatic rings. The predicted molar refractivity (Wildman–Crippen MR) is 155 cm³/mol. The third-order valence-electron chi connectivity index (χ3n) is 8.35. The fourth-order valence-corrected chi connectivity index (χ4v) is 5.94. The molecule has 0 unspecified atom stereocenters. The Hall–Kier alpha value is -3.19. The number of hydrogen-bond donors (Lipinski definition) is 1. The van der Waals surface area contributed by atoms with Crippen molar-refractivity contribution >= 4 is 12.1 Å². The molecule has 1 amide bonds. The molecule has 242 valence electrons. The molecule has 0 aromatic heterocycles. The van der Waals surface area contributed by atoms with E-state index in [1.807, 2.05) is 35.2 Å². The van der Waals surface area contributed by atoms with E-state index in [2.05, 4.69) is 5.32 Å². The number of piperidine rings is 1. The summed E-state index contributed by atoms with van der Waals surface area (Å²) in [5.74, 6) is -0.0317. The van der Waals surface area contributed by atoms with Crippen LogP contribution in [0.25, 0.3) is 0 Å². The summed E-state index contributed by atoms with van der Waals surface area (Å²) in [5, 5.41) is 3.13. The SMILES string of the molecule is COCCOCCOC(=O)OCN1C[C@@]2(CCC(=O)N2)CC[C@@]1(CO[C@H](C)c1cc(C)cc(C(F)(F)F)c1)c1ccccc1. The van der Waals surface area contributed by atoms with Gasteiger partial charge in [-0.2, -0.15) is 13.2 Å². The first-order chi connectivity index (χ1) is 21.0. The normalized spacial score (nSPS) is 23.0. The number of aryl methyl sites for hydroxylation is 1. The van der Waals surface area contributed by atoms with Crippen LogP contribution in [0.2, 0.25) is 0 Å². The Balaban J connectivity index is 1.55. The number of alkyl halides is 3. The van der Waals surface area contributed by atoms with E-state index in [1.54, 1.807) is 27.0 Å². The van der Waals surface area contributed by atoms with Crippen LogP contribution in [-0.4, -0.2) is 75.9 Å². The Morgan fingerprint density at radius 2 is 1.77 bits per heavy atom. The maximum Gasteiger partial charge on any atom is 0.509 e. The molecule has 2 aliphatic rings. The molecule has 0 aliphatic carbocycles. The molecule has 9 nitrogen and oxygen atoms in total. The van der Waals surface area contributed by atoms with Crippen molar-refractivity contribution in [2.45, 2.75) is 62.9 Å². The average Bonchev–Trinajstić information content (AvgIpc) is 3.36. The first kappa shape index (κ1) is 33.7. The fourth-order valence-electron chi connectivity index (χ4n) is 5.94. The molecule has 0 bridgehead atoms. The molecule has 12 heteroatoms. The summed E-state index contributed by atoms with van der Waals surface area (Å²) in [4.78, 5) is 26.8. The Morgan fingerprint density at radius 3 is 2.45 bits per heavy atom. The molecule has 2 aliphatic heterocycles. The molecule has 0 radical (unpaired) electrons. The third kappa shape index (κ3) is 8.50. The molecule has 2 heterocycles. The van der Waals surface area contributed by atoms with Gasteiger partial charge in [-0.15, -0.1) is 0 Å². The standard InChI is InChI=1S/C32H41F3N2O7/c1-23-17-25(19-27(18-23)32(33,34)35)24(2)43-21-31(26-7-5-4-6-8-26)12-11-30(10-9-28(38)36-30)20-37(31)22-44-29(39)42-16-15-41-14-13-40-3/h4-8,17-19,24H,9-16,20-22H2,1-3H3,(H,36,38)/t24-,30-,31-/m1/s1. The zero-order valence-corrected chi connectivity index (χ0v) is 25.4. The minimum Gasteiger partial charge on any atom is -0.432 e. The lowest BCUT2D eigenvalue weighted by Gasteiger charge is -2.52. The number of methoxy groups -OCH3 is 1. The van der Waals surface area contributed by atoms with E-state index >= 15 is 0 Å². The van der Waals surface area contributed by atoms with Crippen molar-refractivity contribution in [2.24, 2.45) is 0 Å². The highest BCUT2D eigenvalue weighted by Gasteiger charge is 2.52. The maximum atomic E-state index is 13.6. The van der Waals surface area contributed by atoms with Crippen molar-refractivity contribution in [2.75, 3.05) is 53.4 Å². The predicted octanol–water partition coefficient (Wildman–Crippen LogP) is 5.51. The number of likely N-dealkylation sites (tertiary alicyclic amines) is 1. The van der Waals surface area contributed by atoms with Crippen LogP contribution in [0, 0.1) is 6.92 Å². The van der Waals surface area contributed by atoms with Crippen LogP contribution in [0.15, 0.2) is 48.5 Å². The number of rotatable bonds is 13. The highest BCUT2D eigenvalue weighted by molar-refractivity contribution is 5.79. The highest BCUT2D eigenvalue weighted by atomic mass is 19.4. The van der Waals surface area contributed by atoms with Crippen LogP contribution in [-0.2, 0) is 40.2 Å². The number of halogens is 3. The second-order valence-corrected chi connectivity index (χ2v) is 11.5. The van der Waals surface area contributed by atoms with Crippen molar-refractivity contribution in [1.29, 1.82) is 0 Å². The van der Waals surface area contributed by atoms with Crippen LogP contribution in [0.3, 0.4) is 0 Å². The summed E-state index contributed by atoms with van der Waals surface area (Å²) < 4.78 is 68.0. The van der Waals surface area contributed by atoms with Crippen LogP contribution < -0.4 is 5.32 Å². The van der Waals surface area contributed by atoms with E-state index in [-0.39, 0.29) is 32.5 Å². The van der Waals surface area contributed by atoms with Crippen molar-refractivity contribution < 1.29 is 46.4 Å². The van der Waals surface area contributed by atoms with E-state index in [0.717, 1.165) is 17.7 Å². The van der Waals surface area contributed by atoms with Gasteiger partial charge in [-0.25, -0.2) is 4.79 Å². The quantitative estimate of drug-likeness (QED) is 0.231. The fraction of sp³-hybridized carbons (Fsp3) is 0.562. The maximum absolute atomic E-state index is 13.6. The number of amides is 1. The van der Waals surface area contributed by atoms with Gasteiger partial charge in [0, 0.05) is 20.1 Å². The van der Waals surface area contributed by atoms with Crippen LogP contribution in [0.5, 0.6) is 0 Å². The molecule has 2 aromatic carbocycles. The monoisotopic (exact) mass is 622 g/mol. The smallest absolute Gasteiger partial charge is 0.432 e. The van der Waals surface area contributed by atoms with E-state index in [4.69, 9.17) is 23.7 Å². The van der Waals surface area contributed by atoms with Gasteiger partial charge in [0.15, 0.2) is 0 Å². The Kier molecular flexibility index (Phi) is 11.3. The van der Waals surface area contributed by atoms with Gasteiger partial charge < -0.3 is 29.0 Å². The van der Waals surface area contributed by atoms with E-state index in [9.17, 15) is 22.8 Å². The lowest BCUT2D eigenvalue weighted by molar-refractivity contribution is -0.137. The number of nitrogens with zero attached hydrogens (tertiary/aromatic N) is 1. The summed E-state index contributed by atoms with van der Waals surface area (Å²) >= 11 is 0. The second kappa shape index (κ2) is 14.7. The number of ether oxygens (including phenoxy) is 5. The van der Waals surface area contributed by atoms with Gasteiger partial charge in [0.1, 0.15) is 13.3 Å². The lowest BCUT2D eigenvalue weighted by atomic mass is 9.74. The minimum absolute atomic E-state index is 0.00338. The zero-order valence-electron chi connectivity index (χ0n) is 25.4. The molecular formula is C32H41F3N2O7. The van der Waals surface area contributed by atoms with Gasteiger partial charge in [-0.05, 0) is 56.4 Å². The van der Waals surface area contributed by atoms with Crippen LogP contribution in [0.4, 0.5) is 18.0 Å². The van der Waals surface area contributed by atoms with Crippen LogP contribution in [0.1, 0.15) is 61.0 Å². The van der Waals surface area contributed by atoms with Crippen LogP contribution >= 0.6 is 0 Å². The first-order valence-corrected chi connectivity index (χ1v) is 14.7. The van der Waals surface area contributed by atoms with Crippen molar-refractivity contribution in [3.63, 3.8) is 0 Å². The lowest BCUT2D eigenvalue weighted by Crippen LogP contribution is -2.64. The summed E-state index contributed by atoms with van der Waals surface area (Å²) in [7, 11) is 1.56. The summed E-state index contributed by atoms with van der Waals surface area (Å²) in [5.41, 5.74) is -0.243. The summed E-state index contributed by atoms with van der Waals surface area (Å²) in [6, 6.07) is 13.5. The Bertz CT molecular complexity index is 1260. The number of hydrogen-bond acceptors (Lipinski definition) is 8. The summed E-state index contributed by atoms with van der Waals surface area (Å²) in [6.45, 7) is 4.65. The van der Waals surface area contributed by atoms with Gasteiger partial charge >= 0.3 is 12.3 Å². The number of carbonyl (C=O) groups excluding carboxylic acids is 2. The molecule has 3 atom stereocenters. The summed E-state index contributed by atoms with van der Waals surface area (Å²) in [6.07, 6.45) is -3.78. The van der Waals surface area contributed by atoms with Gasteiger partial charge in [-0.3, -0.25) is 9.69 Å². The molecule has 1 spiro atoms. The zero-order chi connectivity index (χ0) is 31.8. The van der Waals surface area contributed by atoms with Crippen molar-refractivity contribution in [1.82, 2.24) is 10.2 Å². The minimum atomic E-state index is -4.48. The molecular weight excluding hydrogens is 581 g/mol. The van der Waals surface area contributed by atoms with E-state index in [0.29, 0.717) is 56.6 Å². The second-order valence-electron chi connectivity index (χ2n) is 11.5. The Labute approximate surface area is 255 Å². The average molecular weight is 623 g/mol. The first-order valence-electron chi connectivity index (χ1n) is 14.7. The highest BCUT2D eigenvalue weighted by Crippen LogP contribution is 2.45. The molecule has 2 fully saturated rings. The largest absolute Gasteiger partial charge is 0.509 e. The van der Waals surface area contributed by atoms with E-state index < -0.39 is 35.1 Å². The van der Waals surface area contributed by atoms with Gasteiger partial charge in [0.2, 0.25) is 5.91 Å².